The fourth-order valence-electron chi connectivity index (χ4n) is 0. The van der Waals surface area contributed by atoms with E-state index in [1.54, 1.807) is 0 Å². The normalized spacial score (nSPS) is 3.33. The zero-order valence-corrected chi connectivity index (χ0v) is 7.49. The molecule has 0 aliphatic rings. The SMILES string of the molecule is [CH-]=CC=[CH-].[Pt+2].[Pt]. The maximum atomic E-state index is 4.72. The van der Waals surface area contributed by atoms with Gasteiger partial charge in [0.05, 0.1) is 0 Å². The van der Waals surface area contributed by atoms with Crippen LogP contribution in [0.4, 0.5) is 0 Å². The summed E-state index contributed by atoms with van der Waals surface area (Å²) >= 11 is 0. The minimum absolute atomic E-state index is 0. The molecule has 0 fully saturated rings. The third kappa shape index (κ3) is 21.0. The van der Waals surface area contributed by atoms with Crippen LogP contribution in [0.15, 0.2) is 12.2 Å². The second-order valence-corrected chi connectivity index (χ2v) is 0.385. The molecule has 0 aliphatic heterocycles. The average Bonchev–Trinajstić information content (AvgIpc) is 1.37. The second kappa shape index (κ2) is 16.9. The molecule has 40 valence electrons. The van der Waals surface area contributed by atoms with Crippen molar-refractivity contribution < 1.29 is 42.1 Å². The Kier molecular flexibility index (Phi) is 44.6. The molecule has 0 spiro atoms. The molecule has 0 radical (unpaired) electrons. The van der Waals surface area contributed by atoms with Gasteiger partial charge in [0.15, 0.2) is 0 Å². The second-order valence-electron chi connectivity index (χ2n) is 0.385. The van der Waals surface area contributed by atoms with Gasteiger partial charge in [0.1, 0.15) is 0 Å². The summed E-state index contributed by atoms with van der Waals surface area (Å²) in [5, 5.41) is 0. The Labute approximate surface area is 67.2 Å². The fraction of sp³-hybridized carbons (Fsp3) is 0. The predicted molar refractivity (Wildman–Crippen MR) is 17.7 cm³/mol. The Balaban J connectivity index is -0.0000000450. The van der Waals surface area contributed by atoms with E-state index >= 15 is 0 Å². The molecule has 6 heavy (non-hydrogen) atoms. The fourth-order valence-corrected chi connectivity index (χ4v) is 0. The molecular formula is C4H4Pt2. The first kappa shape index (κ1) is 15.8. The van der Waals surface area contributed by atoms with Crippen molar-refractivity contribution in [3.05, 3.63) is 25.3 Å². The Morgan fingerprint density at radius 2 is 1.17 bits per heavy atom. The zero-order valence-electron chi connectivity index (χ0n) is 2.94. The summed E-state index contributed by atoms with van der Waals surface area (Å²) in [5.41, 5.74) is 0. The Morgan fingerprint density at radius 1 is 1.00 bits per heavy atom. The van der Waals surface area contributed by atoms with Crippen molar-refractivity contribution in [2.24, 2.45) is 0 Å². The Morgan fingerprint density at radius 3 is 1.17 bits per heavy atom. The van der Waals surface area contributed by atoms with Gasteiger partial charge in [-0.3, -0.25) is 0 Å². The van der Waals surface area contributed by atoms with Crippen LogP contribution < -0.4 is 0 Å². The van der Waals surface area contributed by atoms with Crippen LogP contribution in [0.2, 0.25) is 0 Å². The molecule has 0 N–H and O–H groups in total. The van der Waals surface area contributed by atoms with Crippen LogP contribution >= 0.6 is 0 Å². The van der Waals surface area contributed by atoms with E-state index < -0.39 is 0 Å². The standard InChI is InChI=1S/C4H4.2Pt/c1-3-4-2;;/h1-4H;;/q-2;;+2. The van der Waals surface area contributed by atoms with E-state index in [0.717, 1.165) is 0 Å². The van der Waals surface area contributed by atoms with Crippen LogP contribution in [0.5, 0.6) is 0 Å². The average molecular weight is 442 g/mol. The van der Waals surface area contributed by atoms with Crippen molar-refractivity contribution in [1.82, 2.24) is 0 Å². The van der Waals surface area contributed by atoms with Gasteiger partial charge in [-0.25, -0.2) is 0 Å². The first-order valence-corrected chi connectivity index (χ1v) is 1.00. The maximum Gasteiger partial charge on any atom is 2.00 e. The number of rotatable bonds is 1. The van der Waals surface area contributed by atoms with Crippen LogP contribution in [-0.2, 0) is 42.1 Å². The summed E-state index contributed by atoms with van der Waals surface area (Å²) in [6.45, 7) is 9.44. The molecule has 0 amide bonds. The summed E-state index contributed by atoms with van der Waals surface area (Å²) < 4.78 is 0. The molecule has 0 heterocycles. The molecule has 0 rings (SSSR count). The summed E-state index contributed by atoms with van der Waals surface area (Å²) in [6, 6.07) is 0. The van der Waals surface area contributed by atoms with Crippen molar-refractivity contribution in [3.63, 3.8) is 0 Å². The summed E-state index contributed by atoms with van der Waals surface area (Å²) in [4.78, 5) is 0. The van der Waals surface area contributed by atoms with Crippen LogP contribution in [-0.4, -0.2) is 0 Å². The summed E-state index contributed by atoms with van der Waals surface area (Å²) in [7, 11) is 0. The van der Waals surface area contributed by atoms with E-state index in [1.807, 2.05) is 0 Å². The van der Waals surface area contributed by atoms with Crippen molar-refractivity contribution in [2.45, 2.75) is 0 Å². The van der Waals surface area contributed by atoms with Gasteiger partial charge in [0, 0.05) is 21.1 Å². The van der Waals surface area contributed by atoms with Gasteiger partial charge in [-0.15, -0.1) is 0 Å². The van der Waals surface area contributed by atoms with Crippen molar-refractivity contribution in [3.8, 4) is 0 Å². The number of hydrogen-bond donors (Lipinski definition) is 0. The maximum absolute atomic E-state index is 4.72. The van der Waals surface area contributed by atoms with Crippen molar-refractivity contribution >= 4 is 0 Å². The van der Waals surface area contributed by atoms with Crippen LogP contribution in [0, 0.1) is 13.2 Å². The monoisotopic (exact) mass is 442 g/mol. The molecule has 2 heteroatoms. The Hall–Kier alpha value is 0.857. The van der Waals surface area contributed by atoms with E-state index in [2.05, 4.69) is 0 Å². The smallest absolute Gasteiger partial charge is 0.394 e. The number of hydrogen-bond acceptors (Lipinski definition) is 0. The van der Waals surface area contributed by atoms with Gasteiger partial charge in [-0.1, -0.05) is 0 Å². The van der Waals surface area contributed by atoms with Crippen LogP contribution in [0.1, 0.15) is 0 Å². The van der Waals surface area contributed by atoms with Crippen molar-refractivity contribution in [2.75, 3.05) is 0 Å². The minimum Gasteiger partial charge on any atom is -0.394 e. The van der Waals surface area contributed by atoms with E-state index in [9.17, 15) is 0 Å². The third-order valence-corrected chi connectivity index (χ3v) is 0.111. The van der Waals surface area contributed by atoms with Gasteiger partial charge in [0.2, 0.25) is 0 Å². The topological polar surface area (TPSA) is 0 Å². The zero-order chi connectivity index (χ0) is 3.41. The van der Waals surface area contributed by atoms with Gasteiger partial charge in [-0.05, 0) is 0 Å². The van der Waals surface area contributed by atoms with E-state index in [1.165, 1.54) is 12.2 Å². The summed E-state index contributed by atoms with van der Waals surface area (Å²) in [5.74, 6) is 0. The molecule has 0 aromatic heterocycles. The molecule has 0 bridgehead atoms. The molecule has 0 aromatic carbocycles. The quantitative estimate of drug-likeness (QED) is 0.420. The van der Waals surface area contributed by atoms with Gasteiger partial charge in [-0.2, -0.15) is 0 Å². The van der Waals surface area contributed by atoms with Crippen molar-refractivity contribution in [1.29, 1.82) is 0 Å². The minimum atomic E-state index is 0. The first-order valence-electron chi connectivity index (χ1n) is 1.00. The van der Waals surface area contributed by atoms with Gasteiger partial charge >= 0.3 is 21.1 Å². The van der Waals surface area contributed by atoms with Crippen LogP contribution in [0.3, 0.4) is 0 Å². The molecule has 0 aliphatic carbocycles. The van der Waals surface area contributed by atoms with Gasteiger partial charge < -0.3 is 25.3 Å². The predicted octanol–water partition coefficient (Wildman–Crippen LogP) is 0.960. The van der Waals surface area contributed by atoms with E-state index in [0.29, 0.717) is 0 Å². The largest absolute Gasteiger partial charge is 2.00 e. The first-order chi connectivity index (χ1) is 1.91. The van der Waals surface area contributed by atoms with E-state index in [4.69, 9.17) is 13.2 Å². The third-order valence-electron chi connectivity index (χ3n) is 0.111. The Bertz CT molecular complexity index is 26.5. The summed E-state index contributed by atoms with van der Waals surface area (Å²) in [6.07, 6.45) is 2.56. The van der Waals surface area contributed by atoms with Gasteiger partial charge in [0.25, 0.3) is 0 Å². The molecule has 0 nitrogen and oxygen atoms in total. The number of allylic oxidation sites excluding steroid dienone is 2. The van der Waals surface area contributed by atoms with Crippen LogP contribution in [0.25, 0.3) is 0 Å². The molecule has 0 atom stereocenters. The van der Waals surface area contributed by atoms with E-state index in [-0.39, 0.29) is 42.1 Å². The molecule has 0 aromatic rings. The molecule has 0 saturated carbocycles. The molecule has 0 saturated heterocycles. The molecule has 0 unspecified atom stereocenters. The molecular weight excluding hydrogens is 438 g/mol.